The Balaban J connectivity index is 1.45. The van der Waals surface area contributed by atoms with Gasteiger partial charge in [-0.1, -0.05) is 56.1 Å². The maximum absolute atomic E-state index is 13.5. The van der Waals surface area contributed by atoms with Gasteiger partial charge in [0.15, 0.2) is 5.76 Å². The molecule has 3 aromatic rings. The predicted octanol–water partition coefficient (Wildman–Crippen LogP) is 5.62. The molecular weight excluding hydrogens is 585 g/mol. The molecule has 1 fully saturated rings. The zero-order chi connectivity index (χ0) is 30.1. The van der Waals surface area contributed by atoms with Crippen molar-refractivity contribution in [1.29, 1.82) is 0 Å². The Kier molecular flexibility index (Phi) is 9.23. The highest BCUT2D eigenvalue weighted by atomic mass is 35.5. The topological polar surface area (TPSA) is 99.9 Å². The van der Waals surface area contributed by atoms with Gasteiger partial charge in [-0.2, -0.15) is 4.31 Å². The van der Waals surface area contributed by atoms with E-state index in [1.807, 2.05) is 0 Å². The van der Waals surface area contributed by atoms with E-state index in [0.717, 1.165) is 16.7 Å². The highest BCUT2D eigenvalue weighted by molar-refractivity contribution is 7.89. The molecule has 1 aromatic heterocycles. The van der Waals surface area contributed by atoms with Crippen LogP contribution in [0.4, 0.5) is 0 Å². The fourth-order valence-corrected chi connectivity index (χ4v) is 7.20. The van der Waals surface area contributed by atoms with Gasteiger partial charge in [0.1, 0.15) is 4.90 Å². The first kappa shape index (κ1) is 31.1. The quantitative estimate of drug-likeness (QED) is 0.370. The van der Waals surface area contributed by atoms with E-state index in [1.165, 1.54) is 33.2 Å². The summed E-state index contributed by atoms with van der Waals surface area (Å²) in [5, 5.41) is 2.85. The van der Waals surface area contributed by atoms with Crippen LogP contribution in [0.3, 0.4) is 0 Å². The molecule has 0 unspecified atom stereocenters. The van der Waals surface area contributed by atoms with Crippen LogP contribution in [-0.4, -0.2) is 62.2 Å². The Hall–Kier alpha value is -2.85. The minimum atomic E-state index is -4.06. The lowest BCUT2D eigenvalue weighted by molar-refractivity contribution is 0.0665. The number of sulfonamides is 1. The summed E-state index contributed by atoms with van der Waals surface area (Å²) in [6.07, 6.45) is 2.03. The smallest absolute Gasteiger partial charge is 0.289 e. The molecule has 0 saturated carbocycles. The lowest BCUT2D eigenvalue weighted by Crippen LogP contribution is -2.50. The van der Waals surface area contributed by atoms with E-state index in [1.54, 1.807) is 12.1 Å². The van der Waals surface area contributed by atoms with Gasteiger partial charge in [-0.3, -0.25) is 9.59 Å². The van der Waals surface area contributed by atoms with Gasteiger partial charge in [0.05, 0.1) is 21.9 Å². The molecule has 0 spiro atoms. The van der Waals surface area contributed by atoms with Crippen molar-refractivity contribution in [2.24, 2.45) is 0 Å². The molecule has 41 heavy (non-hydrogen) atoms. The van der Waals surface area contributed by atoms with Crippen molar-refractivity contribution in [3.63, 3.8) is 0 Å². The van der Waals surface area contributed by atoms with Crippen molar-refractivity contribution in [3.8, 4) is 0 Å². The molecule has 2 aromatic carbocycles. The Bertz CT molecular complexity index is 1530. The number of amides is 2. The molecule has 1 aliphatic heterocycles. The first-order chi connectivity index (χ1) is 19.2. The molecule has 2 amide bonds. The van der Waals surface area contributed by atoms with E-state index in [9.17, 15) is 18.0 Å². The molecule has 11 heteroatoms. The molecule has 2 heterocycles. The second-order valence-corrected chi connectivity index (χ2v) is 14.0. The van der Waals surface area contributed by atoms with Crippen LogP contribution in [0.15, 0.2) is 52.0 Å². The van der Waals surface area contributed by atoms with Crippen molar-refractivity contribution in [2.75, 3.05) is 32.7 Å². The van der Waals surface area contributed by atoms with E-state index < -0.39 is 15.9 Å². The monoisotopic (exact) mass is 619 g/mol. The highest BCUT2D eigenvalue weighted by Crippen LogP contribution is 2.32. The van der Waals surface area contributed by atoms with Gasteiger partial charge in [-0.15, -0.1) is 0 Å². The SMILES string of the molecule is Cc1cc(C(C)(C)C)cc(C)c1CCNC(=O)c1cc(S(=O)(=O)N2CCN(C(=O)c3ccco3)CC2)c(Cl)cc1Cl. The van der Waals surface area contributed by atoms with Crippen LogP contribution in [0, 0.1) is 13.8 Å². The molecule has 8 nitrogen and oxygen atoms in total. The summed E-state index contributed by atoms with van der Waals surface area (Å²) in [5.74, 6) is -0.588. The van der Waals surface area contributed by atoms with Crippen molar-refractivity contribution < 1.29 is 22.4 Å². The van der Waals surface area contributed by atoms with Gasteiger partial charge >= 0.3 is 0 Å². The van der Waals surface area contributed by atoms with E-state index in [-0.39, 0.29) is 63.8 Å². The van der Waals surface area contributed by atoms with Crippen LogP contribution in [-0.2, 0) is 21.9 Å². The van der Waals surface area contributed by atoms with Crippen molar-refractivity contribution in [1.82, 2.24) is 14.5 Å². The standard InChI is InChI=1S/C30H35Cl2N3O5S/c1-19-15-21(30(3,4)5)16-20(2)22(19)8-9-33-28(36)23-17-27(25(32)18-24(23)31)41(38,39)35-12-10-34(11-13-35)29(37)26-7-6-14-40-26/h6-7,14-18H,8-13H2,1-5H3,(H,33,36). The number of nitrogens with one attached hydrogen (secondary N) is 1. The lowest BCUT2D eigenvalue weighted by atomic mass is 9.83. The largest absolute Gasteiger partial charge is 0.459 e. The number of hydrogen-bond acceptors (Lipinski definition) is 5. The summed E-state index contributed by atoms with van der Waals surface area (Å²) in [6, 6.07) is 10.1. The summed E-state index contributed by atoms with van der Waals surface area (Å²) < 4.78 is 33.4. The minimum absolute atomic E-state index is 0.0257. The van der Waals surface area contributed by atoms with Crippen LogP contribution < -0.4 is 5.32 Å². The van der Waals surface area contributed by atoms with E-state index in [4.69, 9.17) is 27.6 Å². The number of carbonyl (C=O) groups excluding carboxylic acids is 2. The summed E-state index contributed by atoms with van der Waals surface area (Å²) in [5.41, 5.74) is 4.80. The van der Waals surface area contributed by atoms with Crippen LogP contribution in [0.2, 0.25) is 10.0 Å². The third kappa shape index (κ3) is 6.80. The summed E-state index contributed by atoms with van der Waals surface area (Å²) in [7, 11) is -4.06. The number of piperazine rings is 1. The lowest BCUT2D eigenvalue weighted by Gasteiger charge is -2.33. The number of benzene rings is 2. The average Bonchev–Trinajstić information content (AvgIpc) is 3.44. The Morgan fingerprint density at radius 2 is 1.61 bits per heavy atom. The molecule has 0 aliphatic carbocycles. The minimum Gasteiger partial charge on any atom is -0.459 e. The number of hydrogen-bond donors (Lipinski definition) is 1. The first-order valence-electron chi connectivity index (χ1n) is 13.4. The zero-order valence-corrected chi connectivity index (χ0v) is 26.2. The second kappa shape index (κ2) is 12.2. The summed E-state index contributed by atoms with van der Waals surface area (Å²) in [4.78, 5) is 27.0. The highest BCUT2D eigenvalue weighted by Gasteiger charge is 2.33. The van der Waals surface area contributed by atoms with Gasteiger partial charge in [0, 0.05) is 32.7 Å². The molecule has 4 rings (SSSR count). The molecule has 1 aliphatic rings. The van der Waals surface area contributed by atoms with E-state index >= 15 is 0 Å². The molecule has 220 valence electrons. The van der Waals surface area contributed by atoms with Gasteiger partial charge in [0.2, 0.25) is 10.0 Å². The fourth-order valence-electron chi connectivity index (χ4n) is 4.94. The van der Waals surface area contributed by atoms with Crippen molar-refractivity contribution in [2.45, 2.75) is 51.3 Å². The Labute approximate surface area is 251 Å². The first-order valence-corrected chi connectivity index (χ1v) is 15.6. The van der Waals surface area contributed by atoms with Gasteiger partial charge in [-0.05, 0) is 72.2 Å². The number of furan rings is 1. The summed E-state index contributed by atoms with van der Waals surface area (Å²) in [6.45, 7) is 11.5. The molecular formula is C30H35Cl2N3O5S. The number of nitrogens with zero attached hydrogens (tertiary/aromatic N) is 2. The van der Waals surface area contributed by atoms with E-state index in [2.05, 4.69) is 52.1 Å². The summed E-state index contributed by atoms with van der Waals surface area (Å²) >= 11 is 12.7. The number of rotatable bonds is 7. The number of carbonyl (C=O) groups is 2. The van der Waals surface area contributed by atoms with Crippen LogP contribution in [0.1, 0.15) is 63.9 Å². The number of halogens is 2. The van der Waals surface area contributed by atoms with E-state index in [0.29, 0.717) is 13.0 Å². The second-order valence-electron chi connectivity index (χ2n) is 11.3. The number of aryl methyl sites for hydroxylation is 2. The van der Waals surface area contributed by atoms with Gasteiger partial charge in [-0.25, -0.2) is 8.42 Å². The van der Waals surface area contributed by atoms with Crippen LogP contribution >= 0.6 is 23.2 Å². The molecule has 1 N–H and O–H groups in total. The maximum Gasteiger partial charge on any atom is 0.289 e. The van der Waals surface area contributed by atoms with Crippen molar-refractivity contribution in [3.05, 3.63) is 86.3 Å². The Morgan fingerprint density at radius 3 is 2.17 bits per heavy atom. The van der Waals surface area contributed by atoms with Gasteiger partial charge in [0.25, 0.3) is 11.8 Å². The zero-order valence-electron chi connectivity index (χ0n) is 23.9. The third-order valence-corrected chi connectivity index (χ3v) is 10.0. The van der Waals surface area contributed by atoms with Crippen LogP contribution in [0.5, 0.6) is 0 Å². The normalized spacial score (nSPS) is 14.8. The maximum atomic E-state index is 13.5. The molecule has 0 atom stereocenters. The molecule has 1 saturated heterocycles. The fraction of sp³-hybridized carbons (Fsp3) is 0.400. The molecule has 0 radical (unpaired) electrons. The third-order valence-electron chi connectivity index (χ3n) is 7.36. The predicted molar refractivity (Wildman–Crippen MR) is 160 cm³/mol. The van der Waals surface area contributed by atoms with Crippen molar-refractivity contribution >= 4 is 45.0 Å². The van der Waals surface area contributed by atoms with Gasteiger partial charge < -0.3 is 14.6 Å². The average molecular weight is 621 g/mol. The molecule has 0 bridgehead atoms. The Morgan fingerprint density at radius 1 is 0.976 bits per heavy atom. The van der Waals surface area contributed by atoms with Crippen LogP contribution in [0.25, 0.3) is 0 Å².